The van der Waals surface area contributed by atoms with Gasteiger partial charge < -0.3 is 0 Å². The lowest BCUT2D eigenvalue weighted by atomic mass is 9.91. The Kier molecular flexibility index (Phi) is 4.81. The van der Waals surface area contributed by atoms with Crippen molar-refractivity contribution in [2.45, 2.75) is 46.6 Å². The van der Waals surface area contributed by atoms with Gasteiger partial charge in [-0.3, -0.25) is 5.84 Å². The Morgan fingerprint density at radius 3 is 1.86 bits per heavy atom. The normalized spacial score (nSPS) is 12.7. The minimum Gasteiger partial charge on any atom is -0.271 e. The van der Waals surface area contributed by atoms with Crippen molar-refractivity contribution in [1.82, 2.24) is 5.43 Å². The Labute approximate surface area is 128 Å². The summed E-state index contributed by atoms with van der Waals surface area (Å²) in [4.78, 5) is 0. The van der Waals surface area contributed by atoms with Crippen LogP contribution in [0.1, 0.15) is 59.2 Å². The molecule has 0 fully saturated rings. The Morgan fingerprint density at radius 1 is 0.810 bits per heavy atom. The fourth-order valence-corrected chi connectivity index (χ4v) is 2.73. The van der Waals surface area contributed by atoms with E-state index in [4.69, 9.17) is 5.84 Å². The van der Waals surface area contributed by atoms with Crippen LogP contribution in [0.15, 0.2) is 36.4 Å². The minimum atomic E-state index is 0.0329. The van der Waals surface area contributed by atoms with Crippen LogP contribution in [0.3, 0.4) is 0 Å². The van der Waals surface area contributed by atoms with E-state index in [9.17, 15) is 0 Å². The summed E-state index contributed by atoms with van der Waals surface area (Å²) in [6.07, 6.45) is 0. The number of aryl methyl sites for hydroxylation is 3. The lowest BCUT2D eigenvalue weighted by Gasteiger charge is -2.21. The highest BCUT2D eigenvalue weighted by Gasteiger charge is 2.16. The van der Waals surface area contributed by atoms with Crippen LogP contribution < -0.4 is 11.3 Å². The number of hydrogen-bond donors (Lipinski definition) is 2. The van der Waals surface area contributed by atoms with Crippen molar-refractivity contribution in [3.05, 3.63) is 69.8 Å². The third-order valence-corrected chi connectivity index (χ3v) is 4.30. The number of hydrogen-bond acceptors (Lipinski definition) is 2. The highest BCUT2D eigenvalue weighted by molar-refractivity contribution is 5.42. The molecule has 1 unspecified atom stereocenters. The topological polar surface area (TPSA) is 38.0 Å². The van der Waals surface area contributed by atoms with E-state index in [2.05, 4.69) is 76.4 Å². The first-order valence-corrected chi connectivity index (χ1v) is 7.57. The van der Waals surface area contributed by atoms with Crippen LogP contribution in [0.25, 0.3) is 0 Å². The van der Waals surface area contributed by atoms with E-state index in [1.807, 2.05) is 0 Å². The Hall–Kier alpha value is -1.64. The molecule has 0 amide bonds. The van der Waals surface area contributed by atoms with Crippen LogP contribution in [0.4, 0.5) is 0 Å². The van der Waals surface area contributed by atoms with Crippen LogP contribution in [0.2, 0.25) is 0 Å². The molecule has 2 heteroatoms. The van der Waals surface area contributed by atoms with Crippen molar-refractivity contribution in [1.29, 1.82) is 0 Å². The zero-order valence-electron chi connectivity index (χ0n) is 13.7. The molecule has 1 atom stereocenters. The van der Waals surface area contributed by atoms with Crippen molar-refractivity contribution in [2.75, 3.05) is 0 Å². The molecule has 3 N–H and O–H groups in total. The van der Waals surface area contributed by atoms with Gasteiger partial charge in [0.2, 0.25) is 0 Å². The van der Waals surface area contributed by atoms with E-state index < -0.39 is 0 Å². The smallest absolute Gasteiger partial charge is 0.0712 e. The van der Waals surface area contributed by atoms with Crippen molar-refractivity contribution in [3.63, 3.8) is 0 Å². The van der Waals surface area contributed by atoms with E-state index in [0.717, 1.165) is 0 Å². The zero-order chi connectivity index (χ0) is 15.6. The van der Waals surface area contributed by atoms with Crippen molar-refractivity contribution < 1.29 is 0 Å². The second kappa shape index (κ2) is 6.42. The van der Waals surface area contributed by atoms with Crippen LogP contribution in [-0.4, -0.2) is 0 Å². The summed E-state index contributed by atoms with van der Waals surface area (Å²) in [6.45, 7) is 10.9. The summed E-state index contributed by atoms with van der Waals surface area (Å²) >= 11 is 0. The molecule has 0 saturated heterocycles. The Morgan fingerprint density at radius 2 is 1.33 bits per heavy atom. The van der Waals surface area contributed by atoms with Gasteiger partial charge in [0.15, 0.2) is 0 Å². The Balaban J connectivity index is 2.42. The molecule has 2 aromatic carbocycles. The van der Waals surface area contributed by atoms with Gasteiger partial charge in [-0.25, -0.2) is 5.43 Å². The van der Waals surface area contributed by atoms with Crippen molar-refractivity contribution in [2.24, 2.45) is 5.84 Å². The molecule has 21 heavy (non-hydrogen) atoms. The molecule has 2 aromatic rings. The van der Waals surface area contributed by atoms with Gasteiger partial charge in [-0.2, -0.15) is 0 Å². The van der Waals surface area contributed by atoms with Gasteiger partial charge in [0.1, 0.15) is 0 Å². The SMILES string of the molecule is Cc1cc(C)c(C(NN)c2ccc(C(C)C)cc2)cc1C. The molecule has 0 saturated carbocycles. The van der Waals surface area contributed by atoms with E-state index in [1.54, 1.807) is 0 Å². The van der Waals surface area contributed by atoms with E-state index in [1.165, 1.54) is 33.4 Å². The molecular formula is C19H26N2. The average molecular weight is 282 g/mol. The number of nitrogens with one attached hydrogen (secondary N) is 1. The summed E-state index contributed by atoms with van der Waals surface area (Å²) in [5.74, 6) is 6.39. The number of rotatable bonds is 4. The van der Waals surface area contributed by atoms with Gasteiger partial charge >= 0.3 is 0 Å². The molecule has 0 radical (unpaired) electrons. The van der Waals surface area contributed by atoms with Gasteiger partial charge in [0.25, 0.3) is 0 Å². The molecule has 2 nitrogen and oxygen atoms in total. The number of nitrogens with two attached hydrogens (primary N) is 1. The van der Waals surface area contributed by atoms with Gasteiger partial charge in [0, 0.05) is 0 Å². The number of benzene rings is 2. The molecule has 0 heterocycles. The quantitative estimate of drug-likeness (QED) is 0.648. The van der Waals surface area contributed by atoms with E-state index in [0.29, 0.717) is 5.92 Å². The summed E-state index contributed by atoms with van der Waals surface area (Å²) < 4.78 is 0. The van der Waals surface area contributed by atoms with Crippen LogP contribution >= 0.6 is 0 Å². The first-order chi connectivity index (χ1) is 9.93. The Bertz CT molecular complexity index is 612. The average Bonchev–Trinajstić information content (AvgIpc) is 2.45. The summed E-state index contributed by atoms with van der Waals surface area (Å²) in [6, 6.07) is 13.2. The monoisotopic (exact) mass is 282 g/mol. The molecule has 2 rings (SSSR count). The lowest BCUT2D eigenvalue weighted by molar-refractivity contribution is 0.632. The summed E-state index contributed by atoms with van der Waals surface area (Å²) in [7, 11) is 0. The fourth-order valence-electron chi connectivity index (χ4n) is 2.73. The molecular weight excluding hydrogens is 256 g/mol. The maximum atomic E-state index is 5.84. The highest BCUT2D eigenvalue weighted by atomic mass is 15.2. The van der Waals surface area contributed by atoms with Gasteiger partial charge in [-0.05, 0) is 60.1 Å². The first kappa shape index (κ1) is 15.7. The van der Waals surface area contributed by atoms with Gasteiger partial charge in [0.05, 0.1) is 6.04 Å². The second-order valence-corrected chi connectivity index (χ2v) is 6.21. The third kappa shape index (κ3) is 3.34. The molecule has 112 valence electrons. The maximum absolute atomic E-state index is 5.84. The highest BCUT2D eigenvalue weighted by Crippen LogP contribution is 2.27. The minimum absolute atomic E-state index is 0.0329. The van der Waals surface area contributed by atoms with Gasteiger partial charge in [-0.15, -0.1) is 0 Å². The first-order valence-electron chi connectivity index (χ1n) is 7.57. The molecule has 0 aliphatic heterocycles. The van der Waals surface area contributed by atoms with Crippen LogP contribution in [-0.2, 0) is 0 Å². The zero-order valence-corrected chi connectivity index (χ0v) is 13.7. The molecule has 0 aliphatic carbocycles. The summed E-state index contributed by atoms with van der Waals surface area (Å²) in [5, 5.41) is 0. The van der Waals surface area contributed by atoms with Crippen molar-refractivity contribution in [3.8, 4) is 0 Å². The molecule has 0 aliphatic rings. The standard InChI is InChI=1S/C19H26N2/c1-12(2)16-6-8-17(9-7-16)19(21-20)18-11-14(4)13(3)10-15(18)5/h6-12,19,21H,20H2,1-5H3. The third-order valence-electron chi connectivity index (χ3n) is 4.30. The van der Waals surface area contributed by atoms with Crippen LogP contribution in [0.5, 0.6) is 0 Å². The molecule has 0 aromatic heterocycles. The second-order valence-electron chi connectivity index (χ2n) is 6.21. The molecule has 0 spiro atoms. The van der Waals surface area contributed by atoms with E-state index >= 15 is 0 Å². The van der Waals surface area contributed by atoms with E-state index in [-0.39, 0.29) is 6.04 Å². The largest absolute Gasteiger partial charge is 0.271 e. The fraction of sp³-hybridized carbons (Fsp3) is 0.368. The summed E-state index contributed by atoms with van der Waals surface area (Å²) in [5.41, 5.74) is 10.7. The lowest BCUT2D eigenvalue weighted by Crippen LogP contribution is -2.29. The predicted octanol–water partition coefficient (Wildman–Crippen LogP) is 4.29. The maximum Gasteiger partial charge on any atom is 0.0712 e. The van der Waals surface area contributed by atoms with Crippen molar-refractivity contribution >= 4 is 0 Å². The predicted molar refractivity (Wildman–Crippen MR) is 90.4 cm³/mol. The van der Waals surface area contributed by atoms with Gasteiger partial charge in [-0.1, -0.05) is 50.2 Å². The molecule has 0 bridgehead atoms. The number of hydrazine groups is 1. The van der Waals surface area contributed by atoms with Crippen LogP contribution in [0, 0.1) is 20.8 Å².